The first kappa shape index (κ1) is 20.9. The first-order valence-electron chi connectivity index (χ1n) is 9.42. The van der Waals surface area contributed by atoms with Gasteiger partial charge in [-0.05, 0) is 42.7 Å². The molecule has 0 bridgehead atoms. The first-order valence-corrected chi connectivity index (χ1v) is 9.42. The maximum atomic E-state index is 12.1. The van der Waals surface area contributed by atoms with Crippen LogP contribution >= 0.6 is 0 Å². The highest BCUT2D eigenvalue weighted by Gasteiger charge is 2.33. The lowest BCUT2D eigenvalue weighted by Gasteiger charge is -2.36. The van der Waals surface area contributed by atoms with Gasteiger partial charge in [0, 0.05) is 0 Å². The predicted octanol–water partition coefficient (Wildman–Crippen LogP) is 3.43. The molecule has 0 amide bonds. The van der Waals surface area contributed by atoms with E-state index in [1.165, 1.54) is 0 Å². The van der Waals surface area contributed by atoms with Gasteiger partial charge in [0.15, 0.2) is 19.5 Å². The second-order valence-corrected chi connectivity index (χ2v) is 7.46. The van der Waals surface area contributed by atoms with Crippen LogP contribution in [0.1, 0.15) is 50.4 Å². The van der Waals surface area contributed by atoms with Crippen molar-refractivity contribution < 1.29 is 28.6 Å². The zero-order valence-electron chi connectivity index (χ0n) is 16.2. The quantitative estimate of drug-likeness (QED) is 0.511. The number of esters is 2. The highest BCUT2D eigenvalue weighted by atomic mass is 16.6. The van der Waals surface area contributed by atoms with E-state index in [2.05, 4.69) is 20.8 Å². The normalized spacial score (nSPS) is 22.1. The van der Waals surface area contributed by atoms with Gasteiger partial charge in [0.1, 0.15) is 11.9 Å². The highest BCUT2D eigenvalue weighted by Crippen LogP contribution is 2.35. The molecule has 0 saturated heterocycles. The molecule has 1 aromatic carbocycles. The van der Waals surface area contributed by atoms with E-state index in [0.29, 0.717) is 35.4 Å². The summed E-state index contributed by atoms with van der Waals surface area (Å²) in [5.41, 5.74) is 0.343. The van der Waals surface area contributed by atoms with E-state index in [4.69, 9.17) is 14.2 Å². The number of aldehydes is 1. The Morgan fingerprint density at radius 1 is 1.15 bits per heavy atom. The molecule has 1 saturated carbocycles. The van der Waals surface area contributed by atoms with Crippen molar-refractivity contribution in [1.29, 1.82) is 0 Å². The summed E-state index contributed by atoms with van der Waals surface area (Å²) >= 11 is 0. The summed E-state index contributed by atoms with van der Waals surface area (Å²) in [6.45, 7) is 5.61. The Morgan fingerprint density at radius 2 is 1.89 bits per heavy atom. The van der Waals surface area contributed by atoms with Crippen LogP contribution < -0.4 is 4.74 Å². The molecule has 1 fully saturated rings. The van der Waals surface area contributed by atoms with E-state index in [0.717, 1.165) is 19.3 Å². The van der Waals surface area contributed by atoms with Crippen LogP contribution in [0.15, 0.2) is 24.3 Å². The number of carbonyl (C=O) groups excluding carboxylic acids is 3. The van der Waals surface area contributed by atoms with Crippen molar-refractivity contribution >= 4 is 18.2 Å². The maximum absolute atomic E-state index is 12.1. The van der Waals surface area contributed by atoms with Crippen LogP contribution in [0.2, 0.25) is 0 Å². The van der Waals surface area contributed by atoms with Gasteiger partial charge >= 0.3 is 11.9 Å². The van der Waals surface area contributed by atoms with Crippen molar-refractivity contribution in [3.8, 4) is 5.75 Å². The molecule has 27 heavy (non-hydrogen) atoms. The summed E-state index contributed by atoms with van der Waals surface area (Å²) in [5.74, 6) is 0.356. The molecule has 0 heterocycles. The minimum atomic E-state index is -0.690. The number of carbonyl (C=O) groups is 3. The standard InChI is InChI=1S/C21H28O6/c1-14(2)17-9-8-15(3)10-19(17)27-21(24)13-26-20(23)12-25-18-7-5-4-6-16(18)11-22/h4-7,11,14-15,17,19H,8-10,12-13H2,1-3H3. The molecule has 3 atom stereocenters. The molecule has 0 N–H and O–H groups in total. The Balaban J connectivity index is 1.77. The van der Waals surface area contributed by atoms with Gasteiger partial charge in [0.25, 0.3) is 0 Å². The third-order valence-electron chi connectivity index (χ3n) is 4.99. The first-order chi connectivity index (χ1) is 12.9. The number of benzene rings is 1. The van der Waals surface area contributed by atoms with E-state index < -0.39 is 18.5 Å². The maximum Gasteiger partial charge on any atom is 0.344 e. The Kier molecular flexibility index (Phi) is 7.82. The van der Waals surface area contributed by atoms with Crippen molar-refractivity contribution in [2.24, 2.45) is 17.8 Å². The molecule has 0 aliphatic heterocycles. The van der Waals surface area contributed by atoms with Crippen molar-refractivity contribution in [3.05, 3.63) is 29.8 Å². The zero-order valence-corrected chi connectivity index (χ0v) is 16.2. The third-order valence-corrected chi connectivity index (χ3v) is 4.99. The molecule has 148 valence electrons. The molecular weight excluding hydrogens is 348 g/mol. The number of hydrogen-bond acceptors (Lipinski definition) is 6. The van der Waals surface area contributed by atoms with Gasteiger partial charge in [-0.15, -0.1) is 0 Å². The van der Waals surface area contributed by atoms with Crippen LogP contribution in [-0.2, 0) is 19.1 Å². The minimum Gasteiger partial charge on any atom is -0.481 e. The molecule has 0 aromatic heterocycles. The van der Waals surface area contributed by atoms with Crippen LogP contribution in [0.25, 0.3) is 0 Å². The lowest BCUT2D eigenvalue weighted by molar-refractivity contribution is -0.167. The molecule has 0 radical (unpaired) electrons. The summed E-state index contributed by atoms with van der Waals surface area (Å²) in [4.78, 5) is 34.8. The fourth-order valence-electron chi connectivity index (χ4n) is 3.48. The average molecular weight is 376 g/mol. The summed E-state index contributed by atoms with van der Waals surface area (Å²) in [6, 6.07) is 6.56. The largest absolute Gasteiger partial charge is 0.481 e. The van der Waals surface area contributed by atoms with Crippen molar-refractivity contribution in [2.45, 2.75) is 46.1 Å². The van der Waals surface area contributed by atoms with Gasteiger partial charge in [-0.3, -0.25) is 4.79 Å². The van der Waals surface area contributed by atoms with E-state index >= 15 is 0 Å². The summed E-state index contributed by atoms with van der Waals surface area (Å²) in [7, 11) is 0. The Labute approximate surface area is 160 Å². The molecular formula is C21H28O6. The Bertz CT molecular complexity index is 654. The van der Waals surface area contributed by atoms with E-state index in [1.54, 1.807) is 24.3 Å². The molecule has 6 nitrogen and oxygen atoms in total. The zero-order chi connectivity index (χ0) is 19.8. The van der Waals surface area contributed by atoms with Crippen LogP contribution in [0.4, 0.5) is 0 Å². The number of ether oxygens (including phenoxy) is 3. The summed E-state index contributed by atoms with van der Waals surface area (Å²) < 4.78 is 15.8. The second kappa shape index (κ2) is 10.1. The predicted molar refractivity (Wildman–Crippen MR) is 99.5 cm³/mol. The lowest BCUT2D eigenvalue weighted by atomic mass is 9.75. The number of hydrogen-bond donors (Lipinski definition) is 0. The van der Waals surface area contributed by atoms with E-state index in [9.17, 15) is 14.4 Å². The SMILES string of the molecule is CC1CCC(C(C)C)C(OC(=O)COC(=O)COc2ccccc2C=O)C1. The second-order valence-electron chi connectivity index (χ2n) is 7.46. The van der Waals surface area contributed by atoms with Crippen molar-refractivity contribution in [1.82, 2.24) is 0 Å². The van der Waals surface area contributed by atoms with Crippen LogP contribution in [-0.4, -0.2) is 37.5 Å². The van der Waals surface area contributed by atoms with Gasteiger partial charge in [0.2, 0.25) is 0 Å². The van der Waals surface area contributed by atoms with Crippen molar-refractivity contribution in [2.75, 3.05) is 13.2 Å². The topological polar surface area (TPSA) is 78.9 Å². The van der Waals surface area contributed by atoms with Gasteiger partial charge < -0.3 is 14.2 Å². The molecule has 2 rings (SSSR count). The lowest BCUT2D eigenvalue weighted by Crippen LogP contribution is -2.37. The molecule has 1 aromatic rings. The number of rotatable bonds is 8. The molecule has 1 aliphatic rings. The van der Waals surface area contributed by atoms with Crippen LogP contribution in [0.3, 0.4) is 0 Å². The van der Waals surface area contributed by atoms with Gasteiger partial charge in [-0.1, -0.05) is 39.3 Å². The molecule has 3 unspecified atom stereocenters. The van der Waals surface area contributed by atoms with Crippen LogP contribution in [0, 0.1) is 17.8 Å². The number of para-hydroxylation sites is 1. The summed E-state index contributed by atoms with van der Waals surface area (Å²) in [5, 5.41) is 0. The van der Waals surface area contributed by atoms with E-state index in [1.807, 2.05) is 0 Å². The minimum absolute atomic E-state index is 0.129. The molecule has 1 aliphatic carbocycles. The van der Waals surface area contributed by atoms with E-state index in [-0.39, 0.29) is 12.7 Å². The smallest absolute Gasteiger partial charge is 0.344 e. The average Bonchev–Trinajstić information content (AvgIpc) is 2.64. The van der Waals surface area contributed by atoms with Gasteiger partial charge in [0.05, 0.1) is 5.56 Å². The van der Waals surface area contributed by atoms with Crippen molar-refractivity contribution in [3.63, 3.8) is 0 Å². The fraction of sp³-hybridized carbons (Fsp3) is 0.571. The van der Waals surface area contributed by atoms with Crippen LogP contribution in [0.5, 0.6) is 5.75 Å². The fourth-order valence-corrected chi connectivity index (χ4v) is 3.48. The van der Waals surface area contributed by atoms with Gasteiger partial charge in [-0.25, -0.2) is 9.59 Å². The monoisotopic (exact) mass is 376 g/mol. The summed E-state index contributed by atoms with van der Waals surface area (Å²) in [6.07, 6.45) is 3.55. The highest BCUT2D eigenvalue weighted by molar-refractivity contribution is 5.80. The van der Waals surface area contributed by atoms with Gasteiger partial charge in [-0.2, -0.15) is 0 Å². The molecule has 0 spiro atoms. The molecule has 6 heteroatoms. The third kappa shape index (κ3) is 6.38. The Morgan fingerprint density at radius 3 is 2.59 bits per heavy atom. The Hall–Kier alpha value is -2.37.